The van der Waals surface area contributed by atoms with Gasteiger partial charge >= 0.3 is 0 Å². The fourth-order valence-electron chi connectivity index (χ4n) is 3.18. The normalized spacial score (nSPS) is 19.0. The van der Waals surface area contributed by atoms with Gasteiger partial charge in [-0.1, -0.05) is 30.3 Å². The highest BCUT2D eigenvalue weighted by Gasteiger charge is 2.36. The second-order valence-electron chi connectivity index (χ2n) is 5.94. The lowest BCUT2D eigenvalue weighted by Crippen LogP contribution is -2.40. The highest BCUT2D eigenvalue weighted by molar-refractivity contribution is 7.59. The lowest BCUT2D eigenvalue weighted by molar-refractivity contribution is -0.119. The van der Waals surface area contributed by atoms with E-state index < -0.39 is 18.1 Å². The number of nitrogens with two attached hydrogens (primary N) is 1. The Morgan fingerprint density at radius 1 is 1.19 bits per heavy atom. The fraction of sp³-hybridized carbons (Fsp3) is 0.235. The van der Waals surface area contributed by atoms with Crippen molar-refractivity contribution in [1.29, 1.82) is 0 Å². The number of amides is 1. The zero-order chi connectivity index (χ0) is 16.7. The number of rotatable bonds is 3. The van der Waals surface area contributed by atoms with Crippen molar-refractivity contribution >= 4 is 49.7 Å². The van der Waals surface area contributed by atoms with Crippen molar-refractivity contribution < 1.29 is 9.90 Å². The van der Waals surface area contributed by atoms with Gasteiger partial charge in [0.05, 0.1) is 11.5 Å². The molecule has 1 aromatic carbocycles. The van der Waals surface area contributed by atoms with Gasteiger partial charge in [0.25, 0.3) is 0 Å². The number of aliphatic hydroxyl groups excluding tert-OH is 1. The van der Waals surface area contributed by atoms with Crippen LogP contribution in [0.3, 0.4) is 0 Å². The number of carbonyl (C=O) groups is 1. The molecular weight excluding hydrogens is 370 g/mol. The quantitative estimate of drug-likeness (QED) is 0.623. The molecule has 2 atom stereocenters. The number of aromatic nitrogens is 3. The lowest BCUT2D eigenvalue weighted by atomic mass is 10.2. The molecule has 3 heterocycles. The Morgan fingerprint density at radius 2 is 1.92 bits per heavy atom. The zero-order valence-electron chi connectivity index (χ0n) is 13.9. The van der Waals surface area contributed by atoms with Gasteiger partial charge in [0.1, 0.15) is 17.5 Å². The van der Waals surface area contributed by atoms with Crippen LogP contribution >= 0.6 is 27.0 Å². The Balaban J connectivity index is 0.00000121. The molecule has 138 valence electrons. The monoisotopic (exact) mass is 391 g/mol. The number of nitrogens with zero attached hydrogens (tertiary/aromatic N) is 3. The summed E-state index contributed by atoms with van der Waals surface area (Å²) < 4.78 is 0. The van der Waals surface area contributed by atoms with E-state index in [1.54, 1.807) is 11.1 Å². The van der Waals surface area contributed by atoms with E-state index in [4.69, 9.17) is 5.73 Å². The topological polar surface area (TPSA) is 108 Å². The first kappa shape index (κ1) is 20.1. The molecule has 0 spiro atoms. The van der Waals surface area contributed by atoms with E-state index in [-0.39, 0.29) is 27.0 Å². The summed E-state index contributed by atoms with van der Waals surface area (Å²) in [6, 6.07) is 10.9. The molecule has 1 aliphatic rings. The average molecular weight is 392 g/mol. The van der Waals surface area contributed by atoms with Crippen LogP contribution in [-0.2, 0) is 4.79 Å². The summed E-state index contributed by atoms with van der Waals surface area (Å²) in [5.74, 6) is 0.709. The van der Waals surface area contributed by atoms with Crippen molar-refractivity contribution in [3.05, 3.63) is 42.6 Å². The number of benzene rings is 1. The first-order chi connectivity index (χ1) is 11.6. The van der Waals surface area contributed by atoms with Crippen molar-refractivity contribution in [2.24, 2.45) is 5.73 Å². The van der Waals surface area contributed by atoms with Crippen LogP contribution in [0.15, 0.2) is 42.6 Å². The summed E-state index contributed by atoms with van der Waals surface area (Å²) in [6.45, 7) is 0.319. The van der Waals surface area contributed by atoms with Crippen LogP contribution in [-0.4, -0.2) is 44.7 Å². The molecule has 1 saturated heterocycles. The van der Waals surface area contributed by atoms with E-state index in [1.165, 1.54) is 0 Å². The fourth-order valence-corrected chi connectivity index (χ4v) is 3.18. The molecule has 1 amide bonds. The Labute approximate surface area is 164 Å². The third-order valence-corrected chi connectivity index (χ3v) is 4.31. The smallest absolute Gasteiger partial charge is 0.240 e. The van der Waals surface area contributed by atoms with Gasteiger partial charge in [-0.3, -0.25) is 4.79 Å². The Hall–Kier alpha value is -2.23. The van der Waals surface area contributed by atoms with Crippen LogP contribution in [0, 0.1) is 0 Å². The number of primary amides is 1. The summed E-state index contributed by atoms with van der Waals surface area (Å²) in [5, 5.41) is 10.8. The van der Waals surface area contributed by atoms with Gasteiger partial charge in [-0.15, -0.1) is 0 Å². The third kappa shape index (κ3) is 3.50. The van der Waals surface area contributed by atoms with E-state index in [0.29, 0.717) is 30.3 Å². The van der Waals surface area contributed by atoms with Crippen molar-refractivity contribution in [3.63, 3.8) is 0 Å². The SMILES string of the molecule is NC(=O)C1C[C@H](O)CN1c1nc(-c2ccccc2)nc2[nH]ccc12.S.S. The maximum Gasteiger partial charge on any atom is 0.240 e. The molecule has 26 heavy (non-hydrogen) atoms. The third-order valence-electron chi connectivity index (χ3n) is 4.31. The van der Waals surface area contributed by atoms with Gasteiger partial charge in [-0.25, -0.2) is 9.97 Å². The standard InChI is InChI=1S/C17H17N5O2.2H2S/c18-14(24)13-8-11(23)9-22(13)17-12-6-7-19-16(12)20-15(21-17)10-4-2-1-3-5-10;;/h1-7,11,13,23H,8-9H2,(H2,18,24)(H,19,20,21);2*1H2/t11-,13?;;/m0../s1. The maximum absolute atomic E-state index is 11.8. The molecule has 0 radical (unpaired) electrons. The second-order valence-corrected chi connectivity index (χ2v) is 5.94. The van der Waals surface area contributed by atoms with Crippen LogP contribution < -0.4 is 10.6 Å². The van der Waals surface area contributed by atoms with E-state index in [0.717, 1.165) is 10.9 Å². The molecule has 9 heteroatoms. The average Bonchev–Trinajstić information content (AvgIpc) is 3.21. The molecule has 1 aliphatic heterocycles. The van der Waals surface area contributed by atoms with E-state index in [9.17, 15) is 9.90 Å². The molecule has 4 N–H and O–H groups in total. The maximum atomic E-state index is 11.8. The second kappa shape index (κ2) is 7.98. The van der Waals surface area contributed by atoms with Gasteiger partial charge < -0.3 is 20.7 Å². The number of hydrogen-bond acceptors (Lipinski definition) is 5. The number of nitrogens with one attached hydrogen (secondary N) is 1. The number of anilines is 1. The predicted octanol–water partition coefficient (Wildman–Crippen LogP) is 1.28. The molecule has 2 aromatic heterocycles. The van der Waals surface area contributed by atoms with Crippen LogP contribution in [0.4, 0.5) is 5.82 Å². The molecule has 0 aliphatic carbocycles. The number of fused-ring (bicyclic) bond motifs is 1. The molecule has 0 bridgehead atoms. The van der Waals surface area contributed by atoms with Gasteiger partial charge in [0, 0.05) is 24.7 Å². The number of carbonyl (C=O) groups excluding carboxylic acids is 1. The number of H-pyrrole nitrogens is 1. The minimum atomic E-state index is -0.605. The number of β-amino-alcohol motifs (C(OH)–C–C–N with tert-alkyl or cyclic N) is 1. The largest absolute Gasteiger partial charge is 0.391 e. The number of aliphatic hydroxyl groups is 1. The van der Waals surface area contributed by atoms with E-state index >= 15 is 0 Å². The Kier molecular flexibility index (Phi) is 6.17. The number of hydrogen-bond donors (Lipinski definition) is 3. The zero-order valence-corrected chi connectivity index (χ0v) is 15.9. The van der Waals surface area contributed by atoms with Gasteiger partial charge in [-0.2, -0.15) is 27.0 Å². The Bertz CT molecular complexity index is 903. The van der Waals surface area contributed by atoms with Crippen LogP contribution in [0.5, 0.6) is 0 Å². The first-order valence-electron chi connectivity index (χ1n) is 7.78. The highest BCUT2D eigenvalue weighted by Crippen LogP contribution is 2.31. The summed E-state index contributed by atoms with van der Waals surface area (Å²) in [7, 11) is 0. The van der Waals surface area contributed by atoms with Crippen LogP contribution in [0.1, 0.15) is 6.42 Å². The molecule has 3 aromatic rings. The molecule has 0 saturated carbocycles. The minimum absolute atomic E-state index is 0. The molecule has 1 unspecified atom stereocenters. The summed E-state index contributed by atoms with van der Waals surface area (Å²) >= 11 is 0. The number of aromatic amines is 1. The van der Waals surface area contributed by atoms with Crippen molar-refractivity contribution in [2.75, 3.05) is 11.4 Å². The van der Waals surface area contributed by atoms with Gasteiger partial charge in [0.15, 0.2) is 5.82 Å². The highest BCUT2D eigenvalue weighted by atomic mass is 32.1. The van der Waals surface area contributed by atoms with Crippen molar-refractivity contribution in [2.45, 2.75) is 18.6 Å². The van der Waals surface area contributed by atoms with Crippen LogP contribution in [0.25, 0.3) is 22.4 Å². The van der Waals surface area contributed by atoms with E-state index in [1.807, 2.05) is 36.4 Å². The molecular formula is C17H21N5O2S2. The van der Waals surface area contributed by atoms with E-state index in [2.05, 4.69) is 15.0 Å². The minimum Gasteiger partial charge on any atom is -0.391 e. The summed E-state index contributed by atoms with van der Waals surface area (Å²) in [4.78, 5) is 25.9. The summed E-state index contributed by atoms with van der Waals surface area (Å²) in [5.41, 5.74) is 7.08. The van der Waals surface area contributed by atoms with Crippen molar-refractivity contribution in [1.82, 2.24) is 15.0 Å². The van der Waals surface area contributed by atoms with Gasteiger partial charge in [0.2, 0.25) is 5.91 Å². The van der Waals surface area contributed by atoms with Crippen LogP contribution in [0.2, 0.25) is 0 Å². The lowest BCUT2D eigenvalue weighted by Gasteiger charge is -2.24. The molecule has 1 fully saturated rings. The predicted molar refractivity (Wildman–Crippen MR) is 111 cm³/mol. The van der Waals surface area contributed by atoms with Crippen molar-refractivity contribution in [3.8, 4) is 11.4 Å². The molecule has 4 rings (SSSR count). The Morgan fingerprint density at radius 3 is 2.62 bits per heavy atom. The summed E-state index contributed by atoms with van der Waals surface area (Å²) in [6.07, 6.45) is 1.49. The molecule has 7 nitrogen and oxygen atoms in total. The van der Waals surface area contributed by atoms with Gasteiger partial charge in [-0.05, 0) is 6.07 Å². The first-order valence-corrected chi connectivity index (χ1v) is 7.78.